The molecule has 1 aliphatic heterocycles. The molecule has 4 rings (SSSR count). The molecule has 3 nitrogen and oxygen atoms in total. The van der Waals surface area contributed by atoms with Crippen molar-refractivity contribution in [2.45, 2.75) is 13.5 Å². The van der Waals surface area contributed by atoms with Gasteiger partial charge < -0.3 is 9.47 Å². The van der Waals surface area contributed by atoms with E-state index in [9.17, 15) is 9.18 Å². The molecule has 0 unspecified atom stereocenters. The third-order valence-electron chi connectivity index (χ3n) is 4.63. The van der Waals surface area contributed by atoms with E-state index in [4.69, 9.17) is 32.7 Å². The van der Waals surface area contributed by atoms with Gasteiger partial charge in [0.15, 0.2) is 5.76 Å². The Balaban J connectivity index is 1.59. The molecule has 0 saturated carbocycles. The first-order valence-corrected chi connectivity index (χ1v) is 9.59. The van der Waals surface area contributed by atoms with Gasteiger partial charge in [0.1, 0.15) is 23.9 Å². The molecule has 0 aliphatic carbocycles. The Kier molecular flexibility index (Phi) is 5.31. The van der Waals surface area contributed by atoms with E-state index in [2.05, 4.69) is 0 Å². The molecule has 0 bridgehead atoms. The zero-order chi connectivity index (χ0) is 20.5. The number of fused-ring (bicyclic) bond motifs is 1. The number of hydrogen-bond acceptors (Lipinski definition) is 3. The van der Waals surface area contributed by atoms with Crippen LogP contribution < -0.4 is 9.47 Å². The zero-order valence-electron chi connectivity index (χ0n) is 15.3. The third-order valence-corrected chi connectivity index (χ3v) is 5.32. The molecule has 146 valence electrons. The van der Waals surface area contributed by atoms with Gasteiger partial charge >= 0.3 is 0 Å². The predicted molar refractivity (Wildman–Crippen MR) is 111 cm³/mol. The molecule has 0 N–H and O–H groups in total. The lowest BCUT2D eigenvalue weighted by Gasteiger charge is -2.12. The van der Waals surface area contributed by atoms with E-state index in [-0.39, 0.29) is 18.1 Å². The van der Waals surface area contributed by atoms with Gasteiger partial charge in [0.2, 0.25) is 5.78 Å². The van der Waals surface area contributed by atoms with Gasteiger partial charge in [0.05, 0.1) is 10.6 Å². The van der Waals surface area contributed by atoms with E-state index >= 15 is 0 Å². The summed E-state index contributed by atoms with van der Waals surface area (Å²) in [5, 5.41) is 0.824. The molecular weight excluding hydrogens is 414 g/mol. The molecule has 1 heterocycles. The number of halogens is 3. The van der Waals surface area contributed by atoms with Crippen molar-refractivity contribution in [2.24, 2.45) is 0 Å². The number of rotatable bonds is 4. The van der Waals surface area contributed by atoms with E-state index in [0.717, 1.165) is 0 Å². The summed E-state index contributed by atoms with van der Waals surface area (Å²) in [7, 11) is 0. The Bertz CT molecular complexity index is 1150. The number of ketones is 1. The summed E-state index contributed by atoms with van der Waals surface area (Å²) in [5.41, 5.74) is 2.51. The van der Waals surface area contributed by atoms with Gasteiger partial charge in [0, 0.05) is 16.1 Å². The minimum atomic E-state index is -0.405. The van der Waals surface area contributed by atoms with Crippen molar-refractivity contribution in [1.29, 1.82) is 0 Å². The number of benzene rings is 3. The largest absolute Gasteiger partial charge is 0.488 e. The first-order valence-electron chi connectivity index (χ1n) is 8.83. The van der Waals surface area contributed by atoms with Gasteiger partial charge in [-0.1, -0.05) is 47.5 Å². The van der Waals surface area contributed by atoms with E-state index in [1.165, 1.54) is 12.1 Å². The van der Waals surface area contributed by atoms with Gasteiger partial charge in [-0.25, -0.2) is 4.39 Å². The van der Waals surface area contributed by atoms with Gasteiger partial charge in [-0.2, -0.15) is 0 Å². The van der Waals surface area contributed by atoms with Crippen molar-refractivity contribution >= 4 is 35.1 Å². The Morgan fingerprint density at radius 2 is 1.86 bits per heavy atom. The lowest BCUT2D eigenvalue weighted by atomic mass is 10.1. The van der Waals surface area contributed by atoms with E-state index in [0.29, 0.717) is 43.8 Å². The highest BCUT2D eigenvalue weighted by atomic mass is 35.5. The molecule has 6 heteroatoms. The summed E-state index contributed by atoms with van der Waals surface area (Å²) in [6.07, 6.45) is 1.63. The summed E-state index contributed by atoms with van der Waals surface area (Å²) < 4.78 is 24.9. The van der Waals surface area contributed by atoms with Gasteiger partial charge in [-0.3, -0.25) is 4.79 Å². The minimum absolute atomic E-state index is 0.162. The maximum atomic E-state index is 13.2. The van der Waals surface area contributed by atoms with Gasteiger partial charge in [-0.05, 0) is 48.9 Å². The first kappa shape index (κ1) is 19.5. The van der Waals surface area contributed by atoms with Crippen LogP contribution in [0.1, 0.15) is 27.0 Å². The quantitative estimate of drug-likeness (QED) is 0.437. The lowest BCUT2D eigenvalue weighted by molar-refractivity contribution is 0.101. The fourth-order valence-corrected chi connectivity index (χ4v) is 3.46. The van der Waals surface area contributed by atoms with Crippen LogP contribution in [0.5, 0.6) is 11.5 Å². The molecule has 0 amide bonds. The van der Waals surface area contributed by atoms with E-state index in [1.807, 2.05) is 25.1 Å². The van der Waals surface area contributed by atoms with E-state index < -0.39 is 5.82 Å². The summed E-state index contributed by atoms with van der Waals surface area (Å²) in [5.74, 6) is 0.593. The van der Waals surface area contributed by atoms with Crippen LogP contribution in [0, 0.1) is 12.7 Å². The number of ether oxygens (including phenoxy) is 2. The fraction of sp³-hybridized carbons (Fsp3) is 0.0870. The van der Waals surface area contributed by atoms with Crippen molar-refractivity contribution in [3.63, 3.8) is 0 Å². The highest BCUT2D eigenvalue weighted by molar-refractivity contribution is 6.32. The van der Waals surface area contributed by atoms with Crippen LogP contribution in [0.2, 0.25) is 10.0 Å². The molecule has 0 atom stereocenters. The average molecular weight is 429 g/mol. The van der Waals surface area contributed by atoms with Crippen LogP contribution in [0.25, 0.3) is 6.08 Å². The average Bonchev–Trinajstić information content (AvgIpc) is 3.01. The molecule has 0 radical (unpaired) electrons. The third kappa shape index (κ3) is 3.86. The lowest BCUT2D eigenvalue weighted by Crippen LogP contribution is -1.99. The Hall–Kier alpha value is -2.82. The second-order valence-electron chi connectivity index (χ2n) is 6.55. The number of Topliss-reactive ketones (excluding diaryl/α,β-unsaturated/α-hetero) is 1. The van der Waals surface area contributed by atoms with Crippen LogP contribution in [-0.2, 0) is 6.61 Å². The number of carbonyl (C=O) groups excluding carboxylic acids is 1. The zero-order valence-corrected chi connectivity index (χ0v) is 16.9. The van der Waals surface area contributed by atoms with Crippen LogP contribution in [-0.4, -0.2) is 5.78 Å². The standard InChI is InChI=1S/C23H15Cl2FO3/c1-13-20(28-12-15-6-7-16(26)11-19(15)25)9-8-17-22(27)21(29-23(13)17)10-14-4-2-3-5-18(14)24/h2-11H,12H2,1H3/b21-10-. The van der Waals surface area contributed by atoms with Crippen molar-refractivity contribution in [2.75, 3.05) is 0 Å². The minimum Gasteiger partial charge on any atom is -0.488 e. The van der Waals surface area contributed by atoms with E-state index in [1.54, 1.807) is 30.3 Å². The maximum Gasteiger partial charge on any atom is 0.231 e. The maximum absolute atomic E-state index is 13.2. The number of carbonyl (C=O) groups is 1. The Labute approximate surface area is 177 Å². The molecule has 0 aromatic heterocycles. The summed E-state index contributed by atoms with van der Waals surface area (Å²) in [6.45, 7) is 1.97. The van der Waals surface area contributed by atoms with Crippen LogP contribution in [0.3, 0.4) is 0 Å². The SMILES string of the molecule is Cc1c(OCc2ccc(F)cc2Cl)ccc2c1O/C(=C\c1ccccc1Cl)C2=O. The van der Waals surface area contributed by atoms with Gasteiger partial charge in [0.25, 0.3) is 0 Å². The molecule has 3 aromatic rings. The molecular formula is C23H15Cl2FO3. The molecule has 0 spiro atoms. The molecule has 1 aliphatic rings. The van der Waals surface area contributed by atoms with Crippen molar-refractivity contribution in [1.82, 2.24) is 0 Å². The highest BCUT2D eigenvalue weighted by Gasteiger charge is 2.30. The van der Waals surface area contributed by atoms with Crippen LogP contribution in [0.4, 0.5) is 4.39 Å². The van der Waals surface area contributed by atoms with Gasteiger partial charge in [-0.15, -0.1) is 0 Å². The molecule has 29 heavy (non-hydrogen) atoms. The molecule has 0 fully saturated rings. The normalized spacial score (nSPS) is 14.1. The molecule has 0 saturated heterocycles. The second kappa shape index (κ2) is 7.90. The summed E-state index contributed by atoms with van der Waals surface area (Å²) in [4.78, 5) is 12.7. The summed E-state index contributed by atoms with van der Waals surface area (Å²) in [6, 6.07) is 14.7. The predicted octanol–water partition coefficient (Wildman–Crippen LogP) is 6.64. The van der Waals surface area contributed by atoms with Crippen molar-refractivity contribution in [3.05, 3.63) is 98.5 Å². The van der Waals surface area contributed by atoms with Crippen LogP contribution in [0.15, 0.2) is 60.4 Å². The first-order chi connectivity index (χ1) is 13.9. The van der Waals surface area contributed by atoms with Crippen molar-refractivity contribution in [3.8, 4) is 11.5 Å². The number of allylic oxidation sites excluding steroid dienone is 1. The molecule has 3 aromatic carbocycles. The summed E-state index contributed by atoms with van der Waals surface area (Å²) >= 11 is 12.2. The second-order valence-corrected chi connectivity index (χ2v) is 7.37. The van der Waals surface area contributed by atoms with Crippen molar-refractivity contribution < 1.29 is 18.7 Å². The monoisotopic (exact) mass is 428 g/mol. The fourth-order valence-electron chi connectivity index (χ4n) is 3.05. The smallest absolute Gasteiger partial charge is 0.231 e. The highest BCUT2D eigenvalue weighted by Crippen LogP contribution is 2.40. The van der Waals surface area contributed by atoms with Crippen LogP contribution >= 0.6 is 23.2 Å². The topological polar surface area (TPSA) is 35.5 Å². The Morgan fingerprint density at radius 1 is 1.07 bits per heavy atom. The Morgan fingerprint density at radius 3 is 2.62 bits per heavy atom. The number of hydrogen-bond donors (Lipinski definition) is 0.